The van der Waals surface area contributed by atoms with Gasteiger partial charge in [0, 0.05) is 44.0 Å². The summed E-state index contributed by atoms with van der Waals surface area (Å²) >= 11 is 7.24. The molecule has 3 aliphatic heterocycles. The Morgan fingerprint density at radius 1 is 0.958 bits per heavy atom. The van der Waals surface area contributed by atoms with E-state index < -0.39 is 57.1 Å². The van der Waals surface area contributed by atoms with Crippen LogP contribution in [0.15, 0.2) is 72.9 Å². The van der Waals surface area contributed by atoms with Crippen LogP contribution in [0.25, 0.3) is 22.2 Å². The molecule has 0 radical (unpaired) electrons. The molecule has 6 heterocycles. The average Bonchev–Trinajstić information content (AvgIpc) is 3.48. The van der Waals surface area contributed by atoms with Crippen molar-refractivity contribution in [2.45, 2.75) is 84.1 Å². The van der Waals surface area contributed by atoms with Crippen LogP contribution in [0.4, 0.5) is 39.8 Å². The predicted molar refractivity (Wildman–Crippen MR) is 264 cm³/mol. The summed E-state index contributed by atoms with van der Waals surface area (Å²) in [7, 11) is 3.11. The van der Waals surface area contributed by atoms with Crippen molar-refractivity contribution < 1.29 is 50.8 Å². The van der Waals surface area contributed by atoms with Gasteiger partial charge >= 0.3 is 18.3 Å². The minimum absolute atomic E-state index is 0.000520. The molecule has 0 saturated carbocycles. The number of carbonyl (C=O) groups excluding carboxylic acids is 1. The number of amides is 1. The highest BCUT2D eigenvalue weighted by Crippen LogP contribution is 2.51. The van der Waals surface area contributed by atoms with E-state index in [-0.39, 0.29) is 85.2 Å². The van der Waals surface area contributed by atoms with Crippen LogP contribution in [0.2, 0.25) is 5.02 Å². The van der Waals surface area contributed by atoms with Gasteiger partial charge in [-0.05, 0) is 94.1 Å². The van der Waals surface area contributed by atoms with Gasteiger partial charge in [0.25, 0.3) is 0 Å². The SMILES string of the molecule is COc1ccc(CN(Cc2ccc(OC)cc2)c2cc(C)c(C(F)(F)F)c(-c3c(Cl)c4c5c(nc(OC[C@@H]6C[C@@H]7CN6CCO7)nc5c3F)N([C@H](C)c3cccnc3NC(=O)OC(C)(C)C)CCO4)n2)cc1. The minimum atomic E-state index is -5.02. The van der Waals surface area contributed by atoms with E-state index in [1.165, 1.54) is 19.2 Å². The fourth-order valence-electron chi connectivity index (χ4n) is 9.50. The zero-order chi connectivity index (χ0) is 51.1. The van der Waals surface area contributed by atoms with Crippen LogP contribution in [-0.4, -0.2) is 102 Å². The molecule has 20 heteroatoms. The maximum atomic E-state index is 18.2. The molecule has 1 unspecified atom stereocenters. The highest BCUT2D eigenvalue weighted by Gasteiger charge is 2.42. The Hall–Kier alpha value is -6.70. The highest BCUT2D eigenvalue weighted by molar-refractivity contribution is 6.36. The largest absolute Gasteiger partial charge is 0.497 e. The second kappa shape index (κ2) is 20.4. The lowest BCUT2D eigenvalue weighted by Crippen LogP contribution is -2.39. The second-order valence-corrected chi connectivity index (χ2v) is 19.3. The molecule has 3 aromatic carbocycles. The van der Waals surface area contributed by atoms with E-state index in [4.69, 9.17) is 50.0 Å². The summed E-state index contributed by atoms with van der Waals surface area (Å²) in [6, 6.07) is 18.4. The van der Waals surface area contributed by atoms with Crippen molar-refractivity contribution in [1.29, 1.82) is 0 Å². The molecule has 15 nitrogen and oxygen atoms in total. The monoisotopic (exact) mass is 1010 g/mol. The number of ether oxygens (including phenoxy) is 6. The number of carbonyl (C=O) groups is 1. The third-order valence-corrected chi connectivity index (χ3v) is 13.3. The van der Waals surface area contributed by atoms with E-state index in [2.05, 4.69) is 20.2 Å². The number of pyridine rings is 2. The average molecular weight is 1020 g/mol. The number of methoxy groups -OCH3 is 2. The highest BCUT2D eigenvalue weighted by atomic mass is 35.5. The Kier molecular flexibility index (Phi) is 14.3. The van der Waals surface area contributed by atoms with Gasteiger partial charge in [-0.1, -0.05) is 41.9 Å². The van der Waals surface area contributed by atoms with Crippen molar-refractivity contribution in [3.8, 4) is 34.5 Å². The smallest absolute Gasteiger partial charge is 0.418 e. The lowest BCUT2D eigenvalue weighted by Gasteiger charge is -2.31. The van der Waals surface area contributed by atoms with Crippen LogP contribution in [-0.2, 0) is 28.7 Å². The summed E-state index contributed by atoms with van der Waals surface area (Å²) in [4.78, 5) is 37.5. The maximum absolute atomic E-state index is 18.2. The lowest BCUT2D eigenvalue weighted by molar-refractivity contribution is -0.137. The number of halogens is 5. The number of aromatic nitrogens is 4. The molecule has 0 spiro atoms. The first kappa shape index (κ1) is 50.2. The number of nitrogens with one attached hydrogen (secondary N) is 1. The minimum Gasteiger partial charge on any atom is -0.497 e. The van der Waals surface area contributed by atoms with E-state index >= 15 is 17.6 Å². The van der Waals surface area contributed by atoms with E-state index in [0.717, 1.165) is 17.7 Å². The van der Waals surface area contributed by atoms with E-state index in [0.29, 0.717) is 36.6 Å². The Bertz CT molecular complexity index is 2910. The molecular weight excluding hydrogens is 960 g/mol. The van der Waals surface area contributed by atoms with Crippen LogP contribution >= 0.6 is 11.6 Å². The first-order chi connectivity index (χ1) is 34.4. The quantitative estimate of drug-likeness (QED) is 0.103. The van der Waals surface area contributed by atoms with Gasteiger partial charge in [0.05, 0.1) is 66.7 Å². The number of rotatable bonds is 14. The normalized spacial score (nSPS) is 18.0. The first-order valence-electron chi connectivity index (χ1n) is 23.5. The summed E-state index contributed by atoms with van der Waals surface area (Å²) in [5.74, 6) is 0.350. The number of aryl methyl sites for hydroxylation is 1. The second-order valence-electron chi connectivity index (χ2n) is 18.9. The molecule has 4 atom stereocenters. The topological polar surface area (TPSA) is 146 Å². The number of hydrogen-bond acceptors (Lipinski definition) is 14. The standard InChI is InChI=1S/C52H55ClF4N8O7/c1-29-23-38(64(25-31-10-14-34(67-6)15-11-31)26-32-12-16-35(68-7)17-13-32)59-44(41(29)52(55,56)57)39-42(53)46-40-45(43(39)54)60-49(71-28-33-24-36-27-63(33)19-21-69-36)62-48(40)65(20-22-70-46)30(2)37-9-8-18-58-47(37)61-50(66)72-51(3,4)5/h8-18,23,30,33,36H,19-22,24-28H2,1-7H3,(H,58,61,66)/t30-,33+,36-/m1/s1. The van der Waals surface area contributed by atoms with E-state index in [9.17, 15) is 4.79 Å². The first-order valence-corrected chi connectivity index (χ1v) is 23.9. The van der Waals surface area contributed by atoms with Gasteiger partial charge in [-0.3, -0.25) is 10.2 Å². The Morgan fingerprint density at radius 3 is 2.26 bits per heavy atom. The van der Waals surface area contributed by atoms with Gasteiger partial charge in [0.15, 0.2) is 11.6 Å². The van der Waals surface area contributed by atoms with Crippen molar-refractivity contribution in [3.05, 3.63) is 112 Å². The summed E-state index contributed by atoms with van der Waals surface area (Å²) in [6.07, 6.45) is -3.50. The molecule has 3 aliphatic rings. The molecule has 72 heavy (non-hydrogen) atoms. The van der Waals surface area contributed by atoms with Gasteiger partial charge in [0.1, 0.15) is 53.3 Å². The van der Waals surface area contributed by atoms with Crippen molar-refractivity contribution in [2.24, 2.45) is 0 Å². The Morgan fingerprint density at radius 2 is 1.64 bits per heavy atom. The van der Waals surface area contributed by atoms with E-state index in [1.807, 2.05) is 31.2 Å². The molecular formula is C52H55ClF4N8O7. The Balaban J connectivity index is 1.21. The van der Waals surface area contributed by atoms with Crippen LogP contribution in [0.3, 0.4) is 0 Å². The molecule has 2 bridgehead atoms. The van der Waals surface area contributed by atoms with Crippen LogP contribution in [0.5, 0.6) is 23.3 Å². The molecule has 0 aliphatic carbocycles. The number of benzene rings is 3. The van der Waals surface area contributed by atoms with Crippen LogP contribution in [0.1, 0.15) is 68.0 Å². The van der Waals surface area contributed by atoms with Crippen LogP contribution in [0, 0.1) is 12.7 Å². The summed E-state index contributed by atoms with van der Waals surface area (Å²) < 4.78 is 99.8. The van der Waals surface area contributed by atoms with Gasteiger partial charge in [-0.25, -0.2) is 19.2 Å². The predicted octanol–water partition coefficient (Wildman–Crippen LogP) is 10.6. The fourth-order valence-corrected chi connectivity index (χ4v) is 9.82. The molecule has 1 N–H and O–H groups in total. The van der Waals surface area contributed by atoms with Crippen molar-refractivity contribution in [3.63, 3.8) is 0 Å². The number of fused-ring (bicyclic) bond motifs is 2. The van der Waals surface area contributed by atoms with Gasteiger partial charge in [0.2, 0.25) is 0 Å². The molecule has 6 aromatic rings. The molecule has 1 amide bonds. The van der Waals surface area contributed by atoms with Crippen LogP contribution < -0.4 is 34.1 Å². The Labute approximate surface area is 419 Å². The number of morpholine rings is 1. The number of anilines is 3. The van der Waals surface area contributed by atoms with Crippen molar-refractivity contribution >= 4 is 46.1 Å². The lowest BCUT2D eigenvalue weighted by atomic mass is 9.98. The maximum Gasteiger partial charge on any atom is 0.418 e. The third-order valence-electron chi connectivity index (χ3n) is 12.9. The number of nitrogens with zero attached hydrogens (tertiary/aromatic N) is 7. The summed E-state index contributed by atoms with van der Waals surface area (Å²) in [5.41, 5.74) is -1.89. The van der Waals surface area contributed by atoms with E-state index in [1.54, 1.807) is 81.2 Å². The third kappa shape index (κ3) is 10.6. The molecule has 380 valence electrons. The zero-order valence-corrected chi connectivity index (χ0v) is 41.7. The molecule has 9 rings (SSSR count). The van der Waals surface area contributed by atoms with Gasteiger partial charge in [-0.2, -0.15) is 23.1 Å². The summed E-state index contributed by atoms with van der Waals surface area (Å²) in [5, 5.41) is 2.29. The molecule has 2 saturated heterocycles. The zero-order valence-electron chi connectivity index (χ0n) is 40.9. The summed E-state index contributed by atoms with van der Waals surface area (Å²) in [6.45, 7) is 10.9. The van der Waals surface area contributed by atoms with Crippen molar-refractivity contribution in [1.82, 2.24) is 24.8 Å². The number of hydrogen-bond donors (Lipinski definition) is 1. The van der Waals surface area contributed by atoms with Gasteiger partial charge < -0.3 is 38.2 Å². The fraction of sp³-hybridized carbons (Fsp3) is 0.404. The van der Waals surface area contributed by atoms with Gasteiger partial charge in [-0.15, -0.1) is 0 Å². The van der Waals surface area contributed by atoms with Crippen molar-refractivity contribution in [2.75, 3.05) is 68.8 Å². The molecule has 2 fully saturated rings. The number of alkyl halides is 3. The molecule has 3 aromatic heterocycles.